The van der Waals surface area contributed by atoms with E-state index in [1.165, 1.54) is 44.2 Å². The molecule has 1 N–H and O–H groups in total. The van der Waals surface area contributed by atoms with Gasteiger partial charge < -0.3 is 14.8 Å². The Morgan fingerprint density at radius 3 is 2.54 bits per heavy atom. The maximum absolute atomic E-state index is 12.9. The van der Waals surface area contributed by atoms with Crippen molar-refractivity contribution in [3.05, 3.63) is 70.8 Å². The summed E-state index contributed by atoms with van der Waals surface area (Å²) in [6.07, 6.45) is 0. The second-order valence-electron chi connectivity index (χ2n) is 7.49. The van der Waals surface area contributed by atoms with E-state index in [4.69, 9.17) is 9.47 Å². The van der Waals surface area contributed by atoms with E-state index in [9.17, 15) is 19.6 Å². The minimum Gasteiger partial charge on any atom is -0.465 e. The summed E-state index contributed by atoms with van der Waals surface area (Å²) in [4.78, 5) is 41.5. The Bertz CT molecular complexity index is 1540. The number of methoxy groups -OCH3 is 2. The number of hydrogen-bond donors (Lipinski definition) is 1. The number of amides is 1. The number of nitrogens with zero attached hydrogens (tertiary/aromatic N) is 3. The number of hydrogen-bond acceptors (Lipinski definition) is 8. The number of fused-ring (bicyclic) bond motifs is 3. The molecule has 0 aliphatic rings. The molecule has 2 aromatic carbocycles. The molecule has 0 bridgehead atoms. The Balaban J connectivity index is 1.65. The first-order valence-corrected chi connectivity index (χ1v) is 11.4. The van der Waals surface area contributed by atoms with Gasteiger partial charge in [0.2, 0.25) is 5.91 Å². The first kappa shape index (κ1) is 23.8. The van der Waals surface area contributed by atoms with Crippen LogP contribution in [0.1, 0.15) is 31.8 Å². The van der Waals surface area contributed by atoms with Crippen LogP contribution in [-0.4, -0.2) is 47.2 Å². The van der Waals surface area contributed by atoms with Crippen LogP contribution in [0.2, 0.25) is 0 Å². The number of ether oxygens (including phenoxy) is 2. The lowest BCUT2D eigenvalue weighted by atomic mass is 10.1. The molecule has 1 amide bonds. The lowest BCUT2D eigenvalue weighted by Gasteiger charge is -2.12. The lowest BCUT2D eigenvalue weighted by Crippen LogP contribution is -2.18. The third-order valence-electron chi connectivity index (χ3n) is 5.32. The highest BCUT2D eigenvalue weighted by atomic mass is 32.2. The average molecular weight is 489 g/mol. The molecule has 0 saturated heterocycles. The molecule has 2 heterocycles. The predicted octanol–water partition coefficient (Wildman–Crippen LogP) is 3.97. The first-order valence-electron chi connectivity index (χ1n) is 10.4. The quantitative estimate of drug-likeness (QED) is 0.319. The summed E-state index contributed by atoms with van der Waals surface area (Å²) in [5.41, 5.74) is 3.72. The number of anilines is 1. The molecule has 0 radical (unpaired) electrons. The van der Waals surface area contributed by atoms with Crippen molar-refractivity contribution in [3.8, 4) is 6.07 Å². The molecule has 9 nitrogen and oxygen atoms in total. The molecular weight excluding hydrogens is 468 g/mol. The molecular formula is C25H20N4O5S. The Hall–Kier alpha value is -4.36. The maximum Gasteiger partial charge on any atom is 0.339 e. The van der Waals surface area contributed by atoms with E-state index >= 15 is 0 Å². The van der Waals surface area contributed by atoms with Gasteiger partial charge in [0, 0.05) is 0 Å². The normalized spacial score (nSPS) is 10.7. The number of pyridine rings is 1. The molecule has 35 heavy (non-hydrogen) atoms. The molecule has 0 spiro atoms. The summed E-state index contributed by atoms with van der Waals surface area (Å²) in [6, 6.07) is 15.8. The van der Waals surface area contributed by atoms with Crippen molar-refractivity contribution < 1.29 is 23.9 Å². The van der Waals surface area contributed by atoms with E-state index in [1.807, 2.05) is 41.7 Å². The van der Waals surface area contributed by atoms with Gasteiger partial charge in [0.15, 0.2) is 5.65 Å². The van der Waals surface area contributed by atoms with Gasteiger partial charge in [0.1, 0.15) is 6.07 Å². The fourth-order valence-corrected chi connectivity index (χ4v) is 4.59. The van der Waals surface area contributed by atoms with Crippen molar-refractivity contribution in [2.75, 3.05) is 25.3 Å². The van der Waals surface area contributed by atoms with Crippen molar-refractivity contribution in [1.29, 1.82) is 5.26 Å². The second kappa shape index (κ2) is 9.87. The number of imidazole rings is 1. The largest absolute Gasteiger partial charge is 0.465 e. The summed E-state index contributed by atoms with van der Waals surface area (Å²) in [5.74, 6) is -1.66. The molecule has 0 aliphatic carbocycles. The number of carbonyl (C=O) groups is 3. The Kier molecular flexibility index (Phi) is 6.71. The van der Waals surface area contributed by atoms with Gasteiger partial charge in [-0.2, -0.15) is 5.26 Å². The SMILES string of the molecule is COC(=O)c1ccc(C(=O)OC)c(NC(=O)CSc2cc(C)c(C#N)c3nc4ccccc4n23)c1. The van der Waals surface area contributed by atoms with Gasteiger partial charge >= 0.3 is 11.9 Å². The zero-order valence-electron chi connectivity index (χ0n) is 19.1. The van der Waals surface area contributed by atoms with Gasteiger partial charge in [-0.3, -0.25) is 9.20 Å². The summed E-state index contributed by atoms with van der Waals surface area (Å²) >= 11 is 1.26. The van der Waals surface area contributed by atoms with Crippen molar-refractivity contribution in [3.63, 3.8) is 0 Å². The van der Waals surface area contributed by atoms with Gasteiger partial charge in [0.25, 0.3) is 0 Å². The molecule has 2 aromatic heterocycles. The maximum atomic E-state index is 12.9. The molecule has 0 atom stereocenters. The van der Waals surface area contributed by atoms with Crippen LogP contribution in [0.25, 0.3) is 16.7 Å². The van der Waals surface area contributed by atoms with Crippen molar-refractivity contribution in [1.82, 2.24) is 9.38 Å². The van der Waals surface area contributed by atoms with Gasteiger partial charge in [0.05, 0.1) is 58.4 Å². The van der Waals surface area contributed by atoms with Crippen LogP contribution in [-0.2, 0) is 14.3 Å². The predicted molar refractivity (Wildman–Crippen MR) is 131 cm³/mol. The molecule has 0 aliphatic heterocycles. The van der Waals surface area contributed by atoms with E-state index in [0.717, 1.165) is 21.6 Å². The highest BCUT2D eigenvalue weighted by molar-refractivity contribution is 7.99. The summed E-state index contributed by atoms with van der Waals surface area (Å²) < 4.78 is 11.4. The van der Waals surface area contributed by atoms with Crippen LogP contribution in [0.5, 0.6) is 0 Å². The molecule has 4 rings (SSSR count). The number of para-hydroxylation sites is 2. The number of nitrogens with one attached hydrogen (secondary N) is 1. The molecule has 176 valence electrons. The smallest absolute Gasteiger partial charge is 0.339 e. The topological polar surface area (TPSA) is 123 Å². The number of aromatic nitrogens is 2. The first-order chi connectivity index (χ1) is 16.9. The van der Waals surface area contributed by atoms with E-state index in [0.29, 0.717) is 11.2 Å². The summed E-state index contributed by atoms with van der Waals surface area (Å²) in [7, 11) is 2.47. The van der Waals surface area contributed by atoms with Crippen LogP contribution >= 0.6 is 11.8 Å². The van der Waals surface area contributed by atoms with Crippen molar-refractivity contribution in [2.45, 2.75) is 11.9 Å². The van der Waals surface area contributed by atoms with E-state index in [1.54, 1.807) is 0 Å². The number of rotatable bonds is 6. The average Bonchev–Trinajstić information content (AvgIpc) is 3.25. The summed E-state index contributed by atoms with van der Waals surface area (Å²) in [5, 5.41) is 13.1. The summed E-state index contributed by atoms with van der Waals surface area (Å²) in [6.45, 7) is 1.82. The minimum atomic E-state index is -0.654. The molecule has 0 fully saturated rings. The Morgan fingerprint density at radius 1 is 1.09 bits per heavy atom. The van der Waals surface area contributed by atoms with Crippen LogP contribution in [0.15, 0.2) is 53.6 Å². The van der Waals surface area contributed by atoms with Crippen LogP contribution in [0.3, 0.4) is 0 Å². The van der Waals surface area contributed by atoms with Crippen LogP contribution < -0.4 is 5.32 Å². The van der Waals surface area contributed by atoms with E-state index < -0.39 is 17.8 Å². The molecule has 0 saturated carbocycles. The Labute approximate surface area is 204 Å². The zero-order chi connectivity index (χ0) is 25.1. The minimum absolute atomic E-state index is 0.00396. The number of benzene rings is 2. The number of esters is 2. The lowest BCUT2D eigenvalue weighted by molar-refractivity contribution is -0.113. The van der Waals surface area contributed by atoms with Crippen molar-refractivity contribution >= 4 is 52.0 Å². The fourth-order valence-electron chi connectivity index (χ4n) is 3.67. The Morgan fingerprint density at radius 2 is 1.83 bits per heavy atom. The van der Waals surface area contributed by atoms with Crippen LogP contribution in [0.4, 0.5) is 5.69 Å². The van der Waals surface area contributed by atoms with Crippen molar-refractivity contribution in [2.24, 2.45) is 0 Å². The van der Waals surface area contributed by atoms with Gasteiger partial charge in [-0.05, 0) is 48.9 Å². The highest BCUT2D eigenvalue weighted by Crippen LogP contribution is 2.29. The highest BCUT2D eigenvalue weighted by Gasteiger charge is 2.19. The molecule has 4 aromatic rings. The van der Waals surface area contributed by atoms with E-state index in [2.05, 4.69) is 16.4 Å². The third kappa shape index (κ3) is 4.54. The van der Waals surface area contributed by atoms with Gasteiger partial charge in [-0.1, -0.05) is 23.9 Å². The zero-order valence-corrected chi connectivity index (χ0v) is 19.9. The number of nitriles is 1. The molecule has 10 heteroatoms. The van der Waals surface area contributed by atoms with Gasteiger partial charge in [-0.25, -0.2) is 14.6 Å². The fraction of sp³-hybridized carbons (Fsp3) is 0.160. The molecule has 0 unspecified atom stereocenters. The second-order valence-corrected chi connectivity index (χ2v) is 8.49. The monoisotopic (exact) mass is 488 g/mol. The number of thioether (sulfide) groups is 1. The third-order valence-corrected chi connectivity index (χ3v) is 6.32. The number of aryl methyl sites for hydroxylation is 1. The standard InChI is InChI=1S/C25H20N4O5S/c1-14-10-22(29-20-7-5-4-6-18(20)28-23(29)17(14)12-26)35-13-21(30)27-19-11-15(24(31)33-2)8-9-16(19)25(32)34-3/h4-11H,13H2,1-3H3,(H,27,30). The van der Waals surface area contributed by atoms with Crippen LogP contribution in [0, 0.1) is 18.3 Å². The number of carbonyl (C=O) groups excluding carboxylic acids is 3. The van der Waals surface area contributed by atoms with Gasteiger partial charge in [-0.15, -0.1) is 0 Å². The van der Waals surface area contributed by atoms with E-state index in [-0.39, 0.29) is 22.6 Å².